The van der Waals surface area contributed by atoms with E-state index >= 15 is 8.78 Å². The third-order valence-corrected chi connectivity index (χ3v) is 11.0. The lowest BCUT2D eigenvalue weighted by Crippen LogP contribution is -2.78. The number of ether oxygens (including phenoxy) is 1. The van der Waals surface area contributed by atoms with Crippen molar-refractivity contribution in [2.24, 2.45) is 11.3 Å². The first-order valence-electron chi connectivity index (χ1n) is 13.4. The Kier molecular flexibility index (Phi) is 4.61. The van der Waals surface area contributed by atoms with E-state index < -0.39 is 47.2 Å². The van der Waals surface area contributed by atoms with Gasteiger partial charge in [0, 0.05) is 18.4 Å². The monoisotopic (exact) mass is 515 g/mol. The van der Waals surface area contributed by atoms with Crippen molar-refractivity contribution in [3.05, 3.63) is 29.8 Å². The van der Waals surface area contributed by atoms with Gasteiger partial charge in [-0.3, -0.25) is 0 Å². The van der Waals surface area contributed by atoms with Crippen LogP contribution in [0.4, 0.5) is 14.8 Å². The number of alkyl halides is 2. The third-order valence-electron chi connectivity index (χ3n) is 11.0. The maximum absolute atomic E-state index is 17.2. The van der Waals surface area contributed by atoms with Gasteiger partial charge in [0.05, 0.1) is 6.10 Å². The van der Waals surface area contributed by atoms with Gasteiger partial charge in [0.15, 0.2) is 11.3 Å². The first-order valence-corrected chi connectivity index (χ1v) is 13.4. The molecular formula is C28H35F2N3O4. The van der Waals surface area contributed by atoms with Crippen LogP contribution in [0.2, 0.25) is 0 Å². The van der Waals surface area contributed by atoms with Crippen molar-refractivity contribution in [3.8, 4) is 0 Å². The summed E-state index contributed by atoms with van der Waals surface area (Å²) in [5.41, 5.74) is 2.07. The van der Waals surface area contributed by atoms with Crippen LogP contribution in [0.25, 0.3) is 16.7 Å². The summed E-state index contributed by atoms with van der Waals surface area (Å²) in [7, 11) is 3.61. The number of aliphatic hydroxyl groups excluding tert-OH is 2. The second-order valence-corrected chi connectivity index (χ2v) is 12.7. The Hall–Kier alpha value is -2.07. The number of hydrogen-bond donors (Lipinski definition) is 3. The van der Waals surface area contributed by atoms with Crippen molar-refractivity contribution in [1.29, 1.82) is 0 Å². The van der Waals surface area contributed by atoms with E-state index in [0.29, 0.717) is 36.8 Å². The number of halogens is 2. The number of hydrogen-bond acceptors (Lipinski definition) is 7. The van der Waals surface area contributed by atoms with Crippen LogP contribution in [-0.2, 0) is 4.74 Å². The van der Waals surface area contributed by atoms with E-state index in [9.17, 15) is 10.2 Å². The van der Waals surface area contributed by atoms with Gasteiger partial charge in [0.25, 0.3) is 6.01 Å². The summed E-state index contributed by atoms with van der Waals surface area (Å²) in [5.74, 6) is -0.169. The molecule has 2 saturated carbocycles. The highest BCUT2D eigenvalue weighted by Gasteiger charge is 2.82. The van der Waals surface area contributed by atoms with Gasteiger partial charge in [-0.15, -0.1) is 0 Å². The topological polar surface area (TPSA) is 105 Å². The van der Waals surface area contributed by atoms with Crippen molar-refractivity contribution < 1.29 is 28.1 Å². The normalized spacial score (nSPS) is 48.6. The number of benzene rings is 1. The zero-order valence-corrected chi connectivity index (χ0v) is 21.5. The summed E-state index contributed by atoms with van der Waals surface area (Å²) >= 11 is 0. The third kappa shape index (κ3) is 2.71. The maximum Gasteiger partial charge on any atom is 0.292 e. The summed E-state index contributed by atoms with van der Waals surface area (Å²) in [5, 5.41) is 21.9. The van der Waals surface area contributed by atoms with Crippen molar-refractivity contribution in [1.82, 2.24) is 9.88 Å². The van der Waals surface area contributed by atoms with Crippen molar-refractivity contribution in [2.45, 2.75) is 92.7 Å². The van der Waals surface area contributed by atoms with Gasteiger partial charge in [0.2, 0.25) is 0 Å². The van der Waals surface area contributed by atoms with E-state index in [1.807, 2.05) is 18.2 Å². The van der Waals surface area contributed by atoms with Crippen LogP contribution in [0.5, 0.6) is 0 Å². The van der Waals surface area contributed by atoms with Gasteiger partial charge < -0.3 is 30.0 Å². The fourth-order valence-corrected chi connectivity index (χ4v) is 9.09. The molecule has 200 valence electrons. The highest BCUT2D eigenvalue weighted by molar-refractivity contribution is 5.82. The number of anilines is 1. The van der Waals surface area contributed by atoms with Gasteiger partial charge in [-0.05, 0) is 81.3 Å². The van der Waals surface area contributed by atoms with E-state index in [1.54, 1.807) is 19.0 Å². The van der Waals surface area contributed by atoms with Crippen LogP contribution in [0.1, 0.15) is 57.4 Å². The summed E-state index contributed by atoms with van der Waals surface area (Å²) in [6, 6.07) is 5.46. The van der Waals surface area contributed by atoms with Gasteiger partial charge >= 0.3 is 0 Å². The average molecular weight is 516 g/mol. The Morgan fingerprint density at radius 1 is 1.14 bits per heavy atom. The molecule has 2 saturated heterocycles. The lowest BCUT2D eigenvalue weighted by molar-refractivity contribution is -0.347. The first-order chi connectivity index (χ1) is 17.4. The molecule has 0 radical (unpaired) electrons. The molecule has 9 atom stereocenters. The van der Waals surface area contributed by atoms with Gasteiger partial charge in [-0.25, -0.2) is 8.78 Å². The average Bonchev–Trinajstić information content (AvgIpc) is 3.50. The van der Waals surface area contributed by atoms with E-state index in [2.05, 4.69) is 18.0 Å². The number of nitrogens with two attached hydrogens (primary N) is 1. The predicted molar refractivity (Wildman–Crippen MR) is 134 cm³/mol. The Labute approximate surface area is 214 Å². The van der Waals surface area contributed by atoms with Crippen LogP contribution in [0.15, 0.2) is 28.7 Å². The molecule has 2 aromatic rings. The molecule has 1 aromatic heterocycles. The molecule has 7 rings (SSSR count). The molecule has 1 aromatic carbocycles. The first kappa shape index (κ1) is 24.0. The van der Waals surface area contributed by atoms with Crippen molar-refractivity contribution in [2.75, 3.05) is 19.8 Å². The number of aliphatic hydroxyl groups is 2. The zero-order valence-electron chi connectivity index (χ0n) is 21.5. The van der Waals surface area contributed by atoms with E-state index in [0.717, 1.165) is 11.1 Å². The second kappa shape index (κ2) is 7.11. The second-order valence-electron chi connectivity index (χ2n) is 12.7. The number of aromatic nitrogens is 1. The van der Waals surface area contributed by atoms with Gasteiger partial charge in [-0.1, -0.05) is 19.1 Å². The molecule has 5 aliphatic rings. The predicted octanol–water partition coefficient (Wildman–Crippen LogP) is 3.78. The Morgan fingerprint density at radius 2 is 1.92 bits per heavy atom. The summed E-state index contributed by atoms with van der Waals surface area (Å²) < 4.78 is 46.3. The molecule has 37 heavy (non-hydrogen) atoms. The maximum atomic E-state index is 17.2. The van der Waals surface area contributed by atoms with E-state index in [-0.39, 0.29) is 30.2 Å². The van der Waals surface area contributed by atoms with Crippen LogP contribution >= 0.6 is 0 Å². The molecule has 7 nitrogen and oxygen atoms in total. The smallest absolute Gasteiger partial charge is 0.292 e. The molecular weight excluding hydrogens is 480 g/mol. The summed E-state index contributed by atoms with van der Waals surface area (Å²) in [6.45, 7) is 2.18. The van der Waals surface area contributed by atoms with Crippen molar-refractivity contribution >= 4 is 22.7 Å². The Morgan fingerprint density at radius 3 is 2.68 bits per heavy atom. The number of oxazole rings is 1. The van der Waals surface area contributed by atoms with Crippen LogP contribution < -0.4 is 5.73 Å². The Balaban J connectivity index is 1.29. The standard InChI is InChI=1S/C28H35F2N3O4/c1-24-8-9-25(29)14-27(30)22(35)21(34)18(33(2)3)13-26(27)10-11-28(25,37-26)20(24)7-5-16(24)15-4-6-19-17(12-15)32-23(31)36-19/h4-6,12,18,20-22,34-35H,7-11,13-14H2,1-3H3,(H2,31,32). The molecule has 2 bridgehead atoms. The minimum atomic E-state index is -2.34. The molecule has 3 heterocycles. The highest BCUT2D eigenvalue weighted by atomic mass is 19.2. The number of rotatable bonds is 2. The SMILES string of the molecule is CN(C)C1CC23CCC4(O2)C2CC=C(c5ccc6oc(N)nc6c5)C2(C)CCC4(F)CC3(F)C(O)C1O. The summed E-state index contributed by atoms with van der Waals surface area (Å²) in [4.78, 5) is 6.09. The molecule has 9 unspecified atom stereocenters. The molecule has 9 heteroatoms. The van der Waals surface area contributed by atoms with E-state index in [1.165, 1.54) is 0 Å². The number of likely N-dealkylation sites (N-methyl/N-ethyl adjacent to an activating group) is 1. The minimum Gasteiger partial charge on any atom is -0.424 e. The van der Waals surface area contributed by atoms with Crippen LogP contribution in [0.3, 0.4) is 0 Å². The van der Waals surface area contributed by atoms with Crippen molar-refractivity contribution in [3.63, 3.8) is 0 Å². The van der Waals surface area contributed by atoms with Gasteiger partial charge in [-0.2, -0.15) is 4.98 Å². The summed E-state index contributed by atoms with van der Waals surface area (Å²) in [6.07, 6.45) is 0.991. The fraction of sp³-hybridized carbons (Fsp3) is 0.679. The molecule has 4 fully saturated rings. The number of allylic oxidation sites excluding steroid dienone is 2. The molecule has 2 spiro atoms. The van der Waals surface area contributed by atoms with Crippen LogP contribution in [0, 0.1) is 11.3 Å². The molecule has 3 aliphatic carbocycles. The fourth-order valence-electron chi connectivity index (χ4n) is 9.09. The number of nitrogen functional groups attached to an aromatic ring is 1. The van der Waals surface area contributed by atoms with Crippen LogP contribution in [-0.4, -0.2) is 75.0 Å². The molecule has 0 amide bonds. The number of nitrogens with zero attached hydrogens (tertiary/aromatic N) is 2. The van der Waals surface area contributed by atoms with Gasteiger partial charge in [0.1, 0.15) is 28.5 Å². The lowest BCUT2D eigenvalue weighted by Gasteiger charge is -2.65. The zero-order chi connectivity index (χ0) is 26.2. The number of fused-ring (bicyclic) bond motifs is 2. The quantitative estimate of drug-likeness (QED) is 0.559. The highest BCUT2D eigenvalue weighted by Crippen LogP contribution is 2.74. The van der Waals surface area contributed by atoms with E-state index in [4.69, 9.17) is 14.9 Å². The lowest BCUT2D eigenvalue weighted by atomic mass is 9.51. The molecule has 4 N–H and O–H groups in total. The minimum absolute atomic E-state index is 0.118. The molecule has 2 aliphatic heterocycles. The Bertz CT molecular complexity index is 1330. The largest absolute Gasteiger partial charge is 0.424 e.